The minimum Gasteiger partial charge on any atom is -0.507 e. The van der Waals surface area contributed by atoms with Crippen LogP contribution in [0.25, 0.3) is 5.76 Å². The predicted molar refractivity (Wildman–Crippen MR) is 132 cm³/mol. The normalized spacial score (nSPS) is 17.5. The molecule has 1 amide bonds. The molecule has 4 rings (SSSR count). The number of hydrogen-bond donors (Lipinski definition) is 1. The van der Waals surface area contributed by atoms with E-state index >= 15 is 0 Å². The van der Waals surface area contributed by atoms with Gasteiger partial charge in [-0.2, -0.15) is 0 Å². The molecule has 0 bridgehead atoms. The van der Waals surface area contributed by atoms with E-state index in [1.165, 1.54) is 4.90 Å². The Morgan fingerprint density at radius 1 is 1.09 bits per heavy atom. The zero-order valence-corrected chi connectivity index (χ0v) is 20.1. The molecule has 6 nitrogen and oxygen atoms in total. The quantitative estimate of drug-likeness (QED) is 0.287. The van der Waals surface area contributed by atoms with E-state index in [9.17, 15) is 14.7 Å². The molecule has 0 saturated carbocycles. The van der Waals surface area contributed by atoms with Crippen molar-refractivity contribution >= 4 is 34.7 Å². The minimum absolute atomic E-state index is 0.00464. The number of halogens is 1. The monoisotopic (exact) mass is 476 g/mol. The van der Waals surface area contributed by atoms with Crippen LogP contribution in [-0.2, 0) is 9.59 Å². The highest BCUT2D eigenvalue weighted by Crippen LogP contribution is 2.43. The number of hydrogen-bond acceptors (Lipinski definition) is 5. The van der Waals surface area contributed by atoms with Crippen molar-refractivity contribution in [1.82, 2.24) is 4.98 Å². The zero-order chi connectivity index (χ0) is 24.6. The summed E-state index contributed by atoms with van der Waals surface area (Å²) in [6.45, 7) is 7.56. The molecule has 2 heterocycles. The lowest BCUT2D eigenvalue weighted by molar-refractivity contribution is -0.132. The molecule has 1 aliphatic rings. The van der Waals surface area contributed by atoms with Gasteiger partial charge >= 0.3 is 0 Å². The number of carbonyl (C=O) groups excluding carboxylic acids is 2. The number of aliphatic hydroxyl groups is 1. The summed E-state index contributed by atoms with van der Waals surface area (Å²) in [4.78, 5) is 32.1. The Hall–Kier alpha value is -3.64. The second kappa shape index (κ2) is 9.31. The first-order chi connectivity index (χ1) is 16.2. The number of aliphatic hydroxyl groups excluding tert-OH is 1. The average Bonchev–Trinajstić information content (AvgIpc) is 3.07. The number of aromatic nitrogens is 1. The van der Waals surface area contributed by atoms with E-state index < -0.39 is 17.7 Å². The number of pyridine rings is 1. The van der Waals surface area contributed by atoms with Crippen molar-refractivity contribution in [2.45, 2.75) is 39.8 Å². The van der Waals surface area contributed by atoms with Gasteiger partial charge in [-0.3, -0.25) is 19.5 Å². The fraction of sp³-hybridized carbons (Fsp3) is 0.222. The smallest absolute Gasteiger partial charge is 0.300 e. The second-order valence-corrected chi connectivity index (χ2v) is 8.97. The van der Waals surface area contributed by atoms with Crippen LogP contribution in [0.5, 0.6) is 5.75 Å². The Morgan fingerprint density at radius 2 is 1.85 bits per heavy atom. The van der Waals surface area contributed by atoms with Crippen LogP contribution >= 0.6 is 11.6 Å². The standard InChI is InChI=1S/C27H25ClN2O4/c1-15(2)34-22-10-8-18(12-17(22)4)25(31)23-24(19-6-5-11-29-14-19)30(27(33)26(23)32)21-13-20(28)9-7-16(21)3/h5-15,24,31H,1-4H3/b25-23+. The lowest BCUT2D eigenvalue weighted by Gasteiger charge is -2.26. The van der Waals surface area contributed by atoms with E-state index in [0.717, 1.165) is 11.1 Å². The largest absolute Gasteiger partial charge is 0.507 e. The molecule has 1 N–H and O–H groups in total. The summed E-state index contributed by atoms with van der Waals surface area (Å²) in [6.07, 6.45) is 3.19. The summed E-state index contributed by atoms with van der Waals surface area (Å²) in [5.74, 6) is -1.08. The van der Waals surface area contributed by atoms with Gasteiger partial charge in [-0.15, -0.1) is 0 Å². The summed E-state index contributed by atoms with van der Waals surface area (Å²) in [7, 11) is 0. The third-order valence-corrected chi connectivity index (χ3v) is 5.92. The Kier molecular flexibility index (Phi) is 6.44. The molecule has 0 aliphatic carbocycles. The molecule has 1 unspecified atom stereocenters. The van der Waals surface area contributed by atoms with Gasteiger partial charge in [0.1, 0.15) is 11.5 Å². The molecule has 1 aromatic heterocycles. The molecule has 3 aromatic rings. The predicted octanol–water partition coefficient (Wildman–Crippen LogP) is 5.77. The maximum Gasteiger partial charge on any atom is 0.300 e. The minimum atomic E-state index is -0.863. The van der Waals surface area contributed by atoms with Crippen molar-refractivity contribution in [2.24, 2.45) is 0 Å². The van der Waals surface area contributed by atoms with Gasteiger partial charge < -0.3 is 9.84 Å². The first-order valence-corrected chi connectivity index (χ1v) is 11.3. The SMILES string of the molecule is Cc1cc(/C(O)=C2\C(=O)C(=O)N(c3cc(Cl)ccc3C)C2c2cccnc2)ccc1OC(C)C. The Morgan fingerprint density at radius 3 is 2.50 bits per heavy atom. The van der Waals surface area contributed by atoms with Crippen molar-refractivity contribution < 1.29 is 19.4 Å². The van der Waals surface area contributed by atoms with E-state index in [1.807, 2.05) is 27.7 Å². The molecule has 7 heteroatoms. The van der Waals surface area contributed by atoms with Crippen molar-refractivity contribution in [3.63, 3.8) is 0 Å². The van der Waals surface area contributed by atoms with Crippen LogP contribution in [0.3, 0.4) is 0 Å². The number of ether oxygens (including phenoxy) is 1. The van der Waals surface area contributed by atoms with Crippen LogP contribution in [-0.4, -0.2) is 27.9 Å². The number of amides is 1. The van der Waals surface area contributed by atoms with Gasteiger partial charge in [-0.25, -0.2) is 0 Å². The zero-order valence-electron chi connectivity index (χ0n) is 19.4. The Bertz CT molecular complexity index is 1300. The van der Waals surface area contributed by atoms with Crippen LogP contribution in [0.15, 0.2) is 66.5 Å². The summed E-state index contributed by atoms with van der Waals surface area (Å²) in [5.41, 5.74) is 3.08. The van der Waals surface area contributed by atoms with E-state index in [4.69, 9.17) is 16.3 Å². The maximum atomic E-state index is 13.3. The van der Waals surface area contributed by atoms with Gasteiger partial charge in [0.25, 0.3) is 11.7 Å². The number of rotatable bonds is 5. The van der Waals surface area contributed by atoms with Gasteiger partial charge in [-0.1, -0.05) is 23.7 Å². The van der Waals surface area contributed by atoms with Crippen LogP contribution in [0, 0.1) is 13.8 Å². The van der Waals surface area contributed by atoms with Crippen molar-refractivity contribution in [3.05, 3.63) is 93.8 Å². The number of aryl methyl sites for hydroxylation is 2. The molecule has 34 heavy (non-hydrogen) atoms. The topological polar surface area (TPSA) is 79.7 Å². The molecule has 174 valence electrons. The van der Waals surface area contributed by atoms with Gasteiger partial charge in [0.15, 0.2) is 0 Å². The first kappa shape index (κ1) is 23.5. The molecule has 1 fully saturated rings. The second-order valence-electron chi connectivity index (χ2n) is 8.53. The van der Waals surface area contributed by atoms with E-state index in [1.54, 1.807) is 60.9 Å². The van der Waals surface area contributed by atoms with Crippen molar-refractivity contribution in [3.8, 4) is 5.75 Å². The molecule has 0 radical (unpaired) electrons. The number of ketones is 1. The van der Waals surface area contributed by atoms with Crippen LogP contribution in [0.1, 0.15) is 42.1 Å². The van der Waals surface area contributed by atoms with Crippen molar-refractivity contribution in [1.29, 1.82) is 0 Å². The molecule has 0 spiro atoms. The summed E-state index contributed by atoms with van der Waals surface area (Å²) < 4.78 is 5.79. The number of Topliss-reactive ketones (excluding diaryl/α,β-unsaturated/α-hetero) is 1. The highest BCUT2D eigenvalue weighted by Gasteiger charge is 2.47. The van der Waals surface area contributed by atoms with Crippen LogP contribution in [0.4, 0.5) is 5.69 Å². The summed E-state index contributed by atoms with van der Waals surface area (Å²) in [6, 6.07) is 13.0. The Labute approximate surface area is 203 Å². The molecule has 1 atom stereocenters. The third-order valence-electron chi connectivity index (χ3n) is 5.69. The Balaban J connectivity index is 1.91. The third kappa shape index (κ3) is 4.29. The van der Waals surface area contributed by atoms with E-state index in [-0.39, 0.29) is 17.4 Å². The van der Waals surface area contributed by atoms with Gasteiger partial charge in [0.2, 0.25) is 0 Å². The first-order valence-electron chi connectivity index (χ1n) is 10.9. The van der Waals surface area contributed by atoms with Gasteiger partial charge in [-0.05, 0) is 80.8 Å². The fourth-order valence-electron chi connectivity index (χ4n) is 4.11. The highest BCUT2D eigenvalue weighted by molar-refractivity contribution is 6.52. The average molecular weight is 477 g/mol. The lowest BCUT2D eigenvalue weighted by atomic mass is 9.95. The number of benzene rings is 2. The van der Waals surface area contributed by atoms with E-state index in [0.29, 0.717) is 27.6 Å². The molecular weight excluding hydrogens is 452 g/mol. The van der Waals surface area contributed by atoms with Crippen LogP contribution < -0.4 is 9.64 Å². The summed E-state index contributed by atoms with van der Waals surface area (Å²) >= 11 is 6.23. The number of nitrogens with zero attached hydrogens (tertiary/aromatic N) is 2. The lowest BCUT2D eigenvalue weighted by Crippen LogP contribution is -2.30. The number of anilines is 1. The molecule has 1 saturated heterocycles. The molecular formula is C27H25ClN2O4. The van der Waals surface area contributed by atoms with E-state index in [2.05, 4.69) is 4.98 Å². The summed E-state index contributed by atoms with van der Waals surface area (Å²) in [5, 5.41) is 11.8. The van der Waals surface area contributed by atoms with Crippen molar-refractivity contribution in [2.75, 3.05) is 4.90 Å². The molecule has 1 aliphatic heterocycles. The molecule has 2 aromatic carbocycles. The number of carbonyl (C=O) groups is 2. The van der Waals surface area contributed by atoms with Crippen LogP contribution in [0.2, 0.25) is 5.02 Å². The highest BCUT2D eigenvalue weighted by atomic mass is 35.5. The van der Waals surface area contributed by atoms with Gasteiger partial charge in [0.05, 0.1) is 17.7 Å². The fourth-order valence-corrected chi connectivity index (χ4v) is 4.28. The maximum absolute atomic E-state index is 13.3. The van der Waals surface area contributed by atoms with Gasteiger partial charge in [0, 0.05) is 28.7 Å².